The number of piperazine rings is 1. The van der Waals surface area contributed by atoms with Crippen molar-refractivity contribution < 1.29 is 4.39 Å². The van der Waals surface area contributed by atoms with E-state index in [9.17, 15) is 9.18 Å². The van der Waals surface area contributed by atoms with Crippen LogP contribution in [0.3, 0.4) is 0 Å². The van der Waals surface area contributed by atoms with Gasteiger partial charge in [0.1, 0.15) is 5.82 Å². The Kier molecular flexibility index (Phi) is 5.41. The summed E-state index contributed by atoms with van der Waals surface area (Å²) >= 11 is 0. The van der Waals surface area contributed by atoms with Crippen LogP contribution in [0.1, 0.15) is 5.56 Å². The Morgan fingerprint density at radius 3 is 2.09 bits per heavy atom. The lowest BCUT2D eigenvalue weighted by molar-refractivity contribution is 0.598. The molecule has 0 atom stereocenters. The second kappa shape index (κ2) is 8.87. The van der Waals surface area contributed by atoms with E-state index in [0.717, 1.165) is 40.6 Å². The first-order valence-electron chi connectivity index (χ1n) is 11.9. The Hall–Kier alpha value is -4.19. The molecule has 4 aromatic carbocycles. The molecule has 35 heavy (non-hydrogen) atoms. The van der Waals surface area contributed by atoms with Crippen LogP contribution in [-0.4, -0.2) is 35.7 Å². The maximum atomic E-state index is 14.3. The first-order valence-corrected chi connectivity index (χ1v) is 11.9. The second-order valence-electron chi connectivity index (χ2n) is 8.93. The van der Waals surface area contributed by atoms with Crippen LogP contribution in [0.15, 0.2) is 96.1 Å². The van der Waals surface area contributed by atoms with Crippen molar-refractivity contribution in [2.24, 2.45) is 0 Å². The number of anilines is 2. The van der Waals surface area contributed by atoms with Gasteiger partial charge in [0.25, 0.3) is 5.56 Å². The minimum absolute atomic E-state index is 0.0455. The van der Waals surface area contributed by atoms with E-state index in [2.05, 4.69) is 15.9 Å². The second-order valence-corrected chi connectivity index (χ2v) is 8.93. The Morgan fingerprint density at radius 2 is 1.34 bits per heavy atom. The van der Waals surface area contributed by atoms with Crippen LogP contribution in [0.2, 0.25) is 0 Å². The summed E-state index contributed by atoms with van der Waals surface area (Å²) in [4.78, 5) is 22.6. The van der Waals surface area contributed by atoms with E-state index in [1.807, 2.05) is 66.7 Å². The molecule has 0 amide bonds. The van der Waals surface area contributed by atoms with Crippen LogP contribution < -0.4 is 15.4 Å². The Bertz CT molecular complexity index is 1570. The molecule has 1 aromatic heterocycles. The third-order valence-corrected chi connectivity index (χ3v) is 6.82. The number of para-hydroxylation sites is 1. The van der Waals surface area contributed by atoms with Crippen molar-refractivity contribution in [3.05, 3.63) is 113 Å². The van der Waals surface area contributed by atoms with Gasteiger partial charge in [0.15, 0.2) is 0 Å². The van der Waals surface area contributed by atoms with Gasteiger partial charge in [0.2, 0.25) is 0 Å². The SMILES string of the molecule is O=c1c2cc(N3CCN(c4ccccc4F)CC3)c3ccccc3c2ncn1Cc1ccccc1. The molecule has 0 N–H and O–H groups in total. The lowest BCUT2D eigenvalue weighted by Gasteiger charge is -2.38. The highest BCUT2D eigenvalue weighted by molar-refractivity contribution is 6.11. The number of hydrogen-bond donors (Lipinski definition) is 0. The highest BCUT2D eigenvalue weighted by Crippen LogP contribution is 2.33. The highest BCUT2D eigenvalue weighted by Gasteiger charge is 2.22. The molecular weight excluding hydrogens is 439 g/mol. The Morgan fingerprint density at radius 1 is 0.714 bits per heavy atom. The fourth-order valence-corrected chi connectivity index (χ4v) is 5.03. The van der Waals surface area contributed by atoms with Gasteiger partial charge in [0.05, 0.1) is 29.5 Å². The Labute approximate surface area is 202 Å². The number of hydrogen-bond acceptors (Lipinski definition) is 4. The lowest BCUT2D eigenvalue weighted by Crippen LogP contribution is -2.47. The van der Waals surface area contributed by atoms with Gasteiger partial charge >= 0.3 is 0 Å². The molecule has 1 aliphatic rings. The molecule has 0 bridgehead atoms. The number of aromatic nitrogens is 2. The summed E-state index contributed by atoms with van der Waals surface area (Å²) in [5.41, 5.74) is 3.40. The molecule has 174 valence electrons. The van der Waals surface area contributed by atoms with E-state index in [1.165, 1.54) is 6.07 Å². The maximum absolute atomic E-state index is 14.3. The van der Waals surface area contributed by atoms with Crippen LogP contribution in [0.25, 0.3) is 21.7 Å². The quantitative estimate of drug-likeness (QED) is 0.349. The molecule has 0 spiro atoms. The molecule has 0 unspecified atom stereocenters. The molecule has 0 radical (unpaired) electrons. The highest BCUT2D eigenvalue weighted by atomic mass is 19.1. The van der Waals surface area contributed by atoms with Gasteiger partial charge < -0.3 is 9.80 Å². The van der Waals surface area contributed by atoms with E-state index >= 15 is 0 Å². The summed E-state index contributed by atoms with van der Waals surface area (Å²) in [6.45, 7) is 3.37. The van der Waals surface area contributed by atoms with Gasteiger partial charge in [-0.2, -0.15) is 0 Å². The number of nitrogens with zero attached hydrogens (tertiary/aromatic N) is 4. The predicted molar refractivity (Wildman–Crippen MR) is 140 cm³/mol. The summed E-state index contributed by atoms with van der Waals surface area (Å²) in [6.07, 6.45) is 1.65. The van der Waals surface area contributed by atoms with E-state index in [-0.39, 0.29) is 11.4 Å². The summed E-state index contributed by atoms with van der Waals surface area (Å²) in [5.74, 6) is -0.192. The third-order valence-electron chi connectivity index (χ3n) is 6.82. The van der Waals surface area contributed by atoms with Crippen molar-refractivity contribution in [2.75, 3.05) is 36.0 Å². The van der Waals surface area contributed by atoms with E-state index in [4.69, 9.17) is 4.98 Å². The van der Waals surface area contributed by atoms with Gasteiger partial charge in [-0.1, -0.05) is 66.7 Å². The van der Waals surface area contributed by atoms with Gasteiger partial charge in [-0.15, -0.1) is 0 Å². The minimum atomic E-state index is -0.192. The predicted octanol–water partition coefficient (Wildman–Crippen LogP) is 5.06. The fraction of sp³-hybridized carbons (Fsp3) is 0.172. The van der Waals surface area contributed by atoms with Crippen LogP contribution in [0.5, 0.6) is 0 Å². The normalized spacial score (nSPS) is 14.1. The third kappa shape index (κ3) is 3.91. The van der Waals surface area contributed by atoms with Crippen LogP contribution in [0, 0.1) is 5.82 Å². The number of fused-ring (bicyclic) bond motifs is 3. The summed E-state index contributed by atoms with van der Waals surface area (Å²) in [5, 5.41) is 2.67. The van der Waals surface area contributed by atoms with Crippen LogP contribution >= 0.6 is 0 Å². The van der Waals surface area contributed by atoms with E-state index in [0.29, 0.717) is 30.7 Å². The molecular formula is C29H25FN4O. The smallest absolute Gasteiger partial charge is 0.261 e. The molecule has 1 aliphatic heterocycles. The number of benzene rings is 4. The number of halogens is 1. The molecule has 1 fully saturated rings. The van der Waals surface area contributed by atoms with Crippen molar-refractivity contribution in [2.45, 2.75) is 6.54 Å². The molecule has 5 aromatic rings. The average Bonchev–Trinajstić information content (AvgIpc) is 2.91. The molecule has 0 aliphatic carbocycles. The van der Waals surface area contributed by atoms with Crippen molar-refractivity contribution in [1.82, 2.24) is 9.55 Å². The molecule has 6 rings (SSSR count). The first kappa shape index (κ1) is 21.4. The van der Waals surface area contributed by atoms with Gasteiger partial charge in [-0.3, -0.25) is 9.36 Å². The standard InChI is InChI=1S/C29H25FN4O/c30-25-12-6-7-13-26(25)32-14-16-33(17-15-32)27-18-24-28(23-11-5-4-10-22(23)27)31-20-34(29(24)35)19-21-8-2-1-3-9-21/h1-13,18,20H,14-17,19H2. The van der Waals surface area contributed by atoms with Gasteiger partial charge in [-0.05, 0) is 23.8 Å². The largest absolute Gasteiger partial charge is 0.367 e. The lowest BCUT2D eigenvalue weighted by atomic mass is 10.0. The Balaban J connectivity index is 1.39. The zero-order valence-electron chi connectivity index (χ0n) is 19.3. The first-order chi connectivity index (χ1) is 17.2. The topological polar surface area (TPSA) is 41.4 Å². The molecule has 1 saturated heterocycles. The number of rotatable bonds is 4. The average molecular weight is 465 g/mol. The summed E-state index contributed by atoms with van der Waals surface area (Å²) in [7, 11) is 0. The summed E-state index contributed by atoms with van der Waals surface area (Å²) in [6, 6.07) is 27.0. The molecule has 5 nitrogen and oxygen atoms in total. The monoisotopic (exact) mass is 464 g/mol. The zero-order chi connectivity index (χ0) is 23.8. The van der Waals surface area contributed by atoms with Gasteiger partial charge in [0, 0.05) is 42.6 Å². The van der Waals surface area contributed by atoms with Crippen molar-refractivity contribution in [3.63, 3.8) is 0 Å². The van der Waals surface area contributed by atoms with E-state index in [1.54, 1.807) is 17.0 Å². The van der Waals surface area contributed by atoms with Crippen molar-refractivity contribution >= 4 is 33.1 Å². The summed E-state index contributed by atoms with van der Waals surface area (Å²) < 4.78 is 16.0. The fourth-order valence-electron chi connectivity index (χ4n) is 5.03. The van der Waals surface area contributed by atoms with Crippen molar-refractivity contribution in [1.29, 1.82) is 0 Å². The van der Waals surface area contributed by atoms with E-state index < -0.39 is 0 Å². The molecule has 6 heteroatoms. The van der Waals surface area contributed by atoms with Gasteiger partial charge in [-0.25, -0.2) is 9.37 Å². The zero-order valence-corrected chi connectivity index (χ0v) is 19.3. The molecule has 2 heterocycles. The minimum Gasteiger partial charge on any atom is -0.367 e. The maximum Gasteiger partial charge on any atom is 0.261 e. The van der Waals surface area contributed by atoms with Crippen LogP contribution in [-0.2, 0) is 6.54 Å². The molecule has 0 saturated carbocycles. The van der Waals surface area contributed by atoms with Crippen molar-refractivity contribution in [3.8, 4) is 0 Å². The van der Waals surface area contributed by atoms with Crippen LogP contribution in [0.4, 0.5) is 15.8 Å².